The van der Waals surface area contributed by atoms with Gasteiger partial charge in [-0.05, 0) is 55.2 Å². The molecule has 172 valence electrons. The van der Waals surface area contributed by atoms with Crippen molar-refractivity contribution >= 4 is 52.9 Å². The fourth-order valence-corrected chi connectivity index (χ4v) is 3.72. The number of carbonyl (C=O) groups excluding carboxylic acids is 2. The smallest absolute Gasteiger partial charge is 0.313 e. The van der Waals surface area contributed by atoms with Crippen LogP contribution in [0.5, 0.6) is 0 Å². The van der Waals surface area contributed by atoms with Gasteiger partial charge in [0.05, 0.1) is 23.9 Å². The van der Waals surface area contributed by atoms with Crippen LogP contribution >= 0.6 is 11.6 Å². The number of esters is 1. The van der Waals surface area contributed by atoms with Crippen LogP contribution in [0, 0.1) is 11.2 Å². The minimum absolute atomic E-state index is 0.00269. The molecule has 0 saturated carbocycles. The third kappa shape index (κ3) is 7.43. The fourth-order valence-electron chi connectivity index (χ4n) is 3.54. The fraction of sp³-hybridized carbons (Fsp3) is 0.320. The SMILES string of the molecule is N=CCC(CC(=O)CC=Nc1ccc(C2CCCCOC2=O)cc1F)=Nc1cccc(Cl)c1. The molecule has 2 aromatic rings. The second-order valence-electron chi connectivity index (χ2n) is 7.72. The zero-order valence-electron chi connectivity index (χ0n) is 18.1. The van der Waals surface area contributed by atoms with E-state index in [9.17, 15) is 14.0 Å². The van der Waals surface area contributed by atoms with Crippen molar-refractivity contribution in [3.05, 3.63) is 58.9 Å². The lowest BCUT2D eigenvalue weighted by atomic mass is 9.94. The minimum atomic E-state index is -0.555. The van der Waals surface area contributed by atoms with Crippen molar-refractivity contribution in [1.29, 1.82) is 5.41 Å². The van der Waals surface area contributed by atoms with Gasteiger partial charge in [0.1, 0.15) is 11.6 Å². The van der Waals surface area contributed by atoms with Crippen molar-refractivity contribution < 1.29 is 18.7 Å². The van der Waals surface area contributed by atoms with Crippen molar-refractivity contribution in [3.63, 3.8) is 0 Å². The zero-order chi connectivity index (χ0) is 23.6. The molecular weight excluding hydrogens is 445 g/mol. The van der Waals surface area contributed by atoms with E-state index in [1.165, 1.54) is 24.6 Å². The average molecular weight is 470 g/mol. The van der Waals surface area contributed by atoms with Crippen LogP contribution in [0.15, 0.2) is 52.4 Å². The molecule has 0 aromatic heterocycles. The Morgan fingerprint density at radius 2 is 2.06 bits per heavy atom. The Kier molecular flexibility index (Phi) is 9.01. The van der Waals surface area contributed by atoms with Gasteiger partial charge in [-0.2, -0.15) is 0 Å². The number of cyclic esters (lactones) is 1. The lowest BCUT2D eigenvalue weighted by Crippen LogP contribution is -2.13. The molecule has 1 aliphatic rings. The number of benzene rings is 2. The number of hydrogen-bond donors (Lipinski definition) is 1. The second-order valence-corrected chi connectivity index (χ2v) is 8.16. The molecule has 1 N–H and O–H groups in total. The van der Waals surface area contributed by atoms with E-state index >= 15 is 0 Å². The Morgan fingerprint density at radius 1 is 1.21 bits per heavy atom. The number of ketones is 1. The lowest BCUT2D eigenvalue weighted by Gasteiger charge is -2.13. The van der Waals surface area contributed by atoms with Crippen LogP contribution in [0.3, 0.4) is 0 Å². The van der Waals surface area contributed by atoms with E-state index in [1.807, 2.05) is 0 Å². The number of Topliss-reactive ketones (excluding diaryl/α,β-unsaturated/α-hetero) is 1. The summed E-state index contributed by atoms with van der Waals surface area (Å²) in [4.78, 5) is 32.9. The standard InChI is InChI=1S/C25H25ClFN3O3/c26-18-4-3-5-19(15-18)30-20(9-11-28)16-21(31)10-12-29-24-8-7-17(14-23(24)27)22-6-1-2-13-33-25(22)32/h3-5,7-8,11-12,14-15,22,28H,1-2,6,9-10,13,16H2. The largest absolute Gasteiger partial charge is 0.465 e. The number of nitrogens with zero attached hydrogens (tertiary/aromatic N) is 2. The third-order valence-electron chi connectivity index (χ3n) is 5.17. The molecular formula is C25H25ClFN3O3. The highest BCUT2D eigenvalue weighted by molar-refractivity contribution is 6.30. The Bertz CT molecular complexity index is 1080. The molecule has 0 aliphatic carbocycles. The molecule has 33 heavy (non-hydrogen) atoms. The van der Waals surface area contributed by atoms with Gasteiger partial charge in [0, 0.05) is 42.4 Å². The number of aliphatic imine (C=N–C) groups is 2. The summed E-state index contributed by atoms with van der Waals surface area (Å²) in [6.07, 6.45) is 5.14. The molecule has 1 unspecified atom stereocenters. The van der Waals surface area contributed by atoms with Crippen LogP contribution in [0.2, 0.25) is 5.02 Å². The van der Waals surface area contributed by atoms with Gasteiger partial charge in [0.25, 0.3) is 0 Å². The highest BCUT2D eigenvalue weighted by Crippen LogP contribution is 2.29. The number of carbonyl (C=O) groups is 2. The number of halogens is 2. The molecule has 1 heterocycles. The Morgan fingerprint density at radius 3 is 2.82 bits per heavy atom. The van der Waals surface area contributed by atoms with Crippen LogP contribution < -0.4 is 0 Å². The van der Waals surface area contributed by atoms with Crippen LogP contribution in [0.1, 0.15) is 50.0 Å². The van der Waals surface area contributed by atoms with E-state index in [0.29, 0.717) is 35.0 Å². The van der Waals surface area contributed by atoms with Crippen molar-refractivity contribution in [2.45, 2.75) is 44.4 Å². The van der Waals surface area contributed by atoms with Crippen LogP contribution in [-0.4, -0.2) is 36.5 Å². The summed E-state index contributed by atoms with van der Waals surface area (Å²) in [6.45, 7) is 0.402. The van der Waals surface area contributed by atoms with Gasteiger partial charge < -0.3 is 10.1 Å². The Hall–Kier alpha value is -3.19. The second kappa shape index (κ2) is 12.2. The van der Waals surface area contributed by atoms with E-state index in [4.69, 9.17) is 21.7 Å². The third-order valence-corrected chi connectivity index (χ3v) is 5.41. The molecule has 8 heteroatoms. The molecule has 2 aromatic carbocycles. The number of rotatable bonds is 9. The summed E-state index contributed by atoms with van der Waals surface area (Å²) in [6, 6.07) is 11.4. The molecule has 1 fully saturated rings. The zero-order valence-corrected chi connectivity index (χ0v) is 18.9. The predicted octanol–water partition coefficient (Wildman–Crippen LogP) is 6.15. The molecule has 6 nitrogen and oxygen atoms in total. The highest BCUT2D eigenvalue weighted by atomic mass is 35.5. The number of hydrogen-bond acceptors (Lipinski definition) is 6. The number of ether oxygens (including phenoxy) is 1. The predicted molar refractivity (Wildman–Crippen MR) is 128 cm³/mol. The molecule has 0 spiro atoms. The molecule has 3 rings (SSSR count). The van der Waals surface area contributed by atoms with Crippen molar-refractivity contribution in [2.75, 3.05) is 6.61 Å². The normalized spacial score (nSPS) is 17.0. The molecule has 0 bridgehead atoms. The van der Waals surface area contributed by atoms with E-state index < -0.39 is 11.7 Å². The molecule has 0 radical (unpaired) electrons. The van der Waals surface area contributed by atoms with E-state index in [-0.39, 0.29) is 36.7 Å². The minimum Gasteiger partial charge on any atom is -0.465 e. The summed E-state index contributed by atoms with van der Waals surface area (Å²) < 4.78 is 19.7. The van der Waals surface area contributed by atoms with Gasteiger partial charge >= 0.3 is 5.97 Å². The Balaban J connectivity index is 1.62. The first kappa shape index (κ1) is 24.5. The summed E-state index contributed by atoms with van der Waals surface area (Å²) in [5, 5.41) is 7.87. The molecule has 1 aliphatic heterocycles. The molecule has 1 saturated heterocycles. The maximum Gasteiger partial charge on any atom is 0.313 e. The van der Waals surface area contributed by atoms with E-state index in [0.717, 1.165) is 12.8 Å². The first-order chi connectivity index (χ1) is 16.0. The topological polar surface area (TPSA) is 91.9 Å². The summed E-state index contributed by atoms with van der Waals surface area (Å²) >= 11 is 5.97. The van der Waals surface area contributed by atoms with Crippen LogP contribution in [0.25, 0.3) is 0 Å². The lowest BCUT2D eigenvalue weighted by molar-refractivity contribution is -0.144. The monoisotopic (exact) mass is 469 g/mol. The first-order valence-electron chi connectivity index (χ1n) is 10.8. The maximum atomic E-state index is 14.5. The van der Waals surface area contributed by atoms with Crippen molar-refractivity contribution in [1.82, 2.24) is 0 Å². The highest BCUT2D eigenvalue weighted by Gasteiger charge is 2.25. The maximum absolute atomic E-state index is 14.5. The van der Waals surface area contributed by atoms with Gasteiger partial charge in [0.15, 0.2) is 0 Å². The summed E-state index contributed by atoms with van der Waals surface area (Å²) in [5.41, 5.74) is 1.82. The van der Waals surface area contributed by atoms with Gasteiger partial charge in [0.2, 0.25) is 0 Å². The van der Waals surface area contributed by atoms with Gasteiger partial charge in [-0.1, -0.05) is 23.7 Å². The van der Waals surface area contributed by atoms with Gasteiger partial charge in [-0.3, -0.25) is 19.6 Å². The van der Waals surface area contributed by atoms with Crippen molar-refractivity contribution in [3.8, 4) is 0 Å². The van der Waals surface area contributed by atoms with Gasteiger partial charge in [-0.25, -0.2) is 4.39 Å². The average Bonchev–Trinajstić information content (AvgIpc) is 2.99. The summed E-state index contributed by atoms with van der Waals surface area (Å²) in [7, 11) is 0. The van der Waals surface area contributed by atoms with E-state index in [1.54, 1.807) is 30.3 Å². The first-order valence-corrected chi connectivity index (χ1v) is 11.2. The Labute approximate surface area is 197 Å². The molecule has 0 amide bonds. The molecule has 1 atom stereocenters. The summed E-state index contributed by atoms with van der Waals surface area (Å²) in [5.74, 6) is -1.50. The van der Waals surface area contributed by atoms with Gasteiger partial charge in [-0.15, -0.1) is 0 Å². The van der Waals surface area contributed by atoms with Crippen molar-refractivity contribution in [2.24, 2.45) is 9.98 Å². The van der Waals surface area contributed by atoms with E-state index in [2.05, 4.69) is 9.98 Å². The number of nitrogens with one attached hydrogen (secondary N) is 1. The quantitative estimate of drug-likeness (QED) is 0.352. The van der Waals surface area contributed by atoms with Crippen LogP contribution in [-0.2, 0) is 14.3 Å². The van der Waals surface area contributed by atoms with Crippen LogP contribution in [0.4, 0.5) is 15.8 Å².